The molecule has 7 heteroatoms. The van der Waals surface area contributed by atoms with Crippen LogP contribution in [0.15, 0.2) is 12.4 Å². The van der Waals surface area contributed by atoms with Gasteiger partial charge in [0.25, 0.3) is 0 Å². The van der Waals surface area contributed by atoms with E-state index in [0.29, 0.717) is 22.8 Å². The highest BCUT2D eigenvalue weighted by Gasteiger charge is 2.22. The third-order valence-corrected chi connectivity index (χ3v) is 3.91. The second-order valence-corrected chi connectivity index (χ2v) is 7.02. The average molecular weight is 348 g/mol. The fourth-order valence-corrected chi connectivity index (χ4v) is 3.04. The van der Waals surface area contributed by atoms with Gasteiger partial charge in [-0.15, -0.1) is 0 Å². The molecule has 0 saturated heterocycles. The molecule has 0 spiro atoms. The number of anilines is 1. The van der Waals surface area contributed by atoms with E-state index in [1.54, 1.807) is 21.3 Å². The van der Waals surface area contributed by atoms with Gasteiger partial charge in [-0.2, -0.15) is 0 Å². The SMILES string of the molecule is COc1cc2c(NCC(C)(C)CN(C)C)ncnc2c(OC)c1OC. The fraction of sp³-hybridized carbons (Fsp3) is 0.556. The number of aromatic nitrogens is 2. The Balaban J connectivity index is 2.45. The van der Waals surface area contributed by atoms with Crippen molar-refractivity contribution < 1.29 is 14.2 Å². The molecule has 0 atom stereocenters. The Labute approximate surface area is 149 Å². The Kier molecular flexibility index (Phi) is 5.89. The summed E-state index contributed by atoms with van der Waals surface area (Å²) >= 11 is 0. The zero-order valence-corrected chi connectivity index (χ0v) is 16.1. The Morgan fingerprint density at radius 2 is 1.72 bits per heavy atom. The number of benzene rings is 1. The van der Waals surface area contributed by atoms with Gasteiger partial charge in [0.05, 0.1) is 26.7 Å². The average Bonchev–Trinajstić information content (AvgIpc) is 2.56. The maximum Gasteiger partial charge on any atom is 0.205 e. The van der Waals surface area contributed by atoms with Gasteiger partial charge in [-0.25, -0.2) is 9.97 Å². The third kappa shape index (κ3) is 4.22. The Morgan fingerprint density at radius 3 is 2.28 bits per heavy atom. The zero-order valence-electron chi connectivity index (χ0n) is 16.1. The molecule has 1 aromatic heterocycles. The Hall–Kier alpha value is -2.28. The topological polar surface area (TPSA) is 68.7 Å². The van der Waals surface area contributed by atoms with E-state index in [0.717, 1.165) is 24.3 Å². The van der Waals surface area contributed by atoms with Crippen molar-refractivity contribution in [3.63, 3.8) is 0 Å². The molecule has 0 saturated carbocycles. The number of rotatable bonds is 8. The van der Waals surface area contributed by atoms with Crippen LogP contribution in [0.25, 0.3) is 10.9 Å². The number of hydrogen-bond donors (Lipinski definition) is 1. The van der Waals surface area contributed by atoms with E-state index in [9.17, 15) is 0 Å². The van der Waals surface area contributed by atoms with Gasteiger partial charge in [-0.3, -0.25) is 0 Å². The molecule has 138 valence electrons. The predicted octanol–water partition coefficient (Wildman–Crippen LogP) is 2.66. The lowest BCUT2D eigenvalue weighted by Crippen LogP contribution is -2.34. The summed E-state index contributed by atoms with van der Waals surface area (Å²) in [5.41, 5.74) is 0.768. The monoisotopic (exact) mass is 348 g/mol. The number of methoxy groups -OCH3 is 3. The molecule has 1 heterocycles. The van der Waals surface area contributed by atoms with Crippen LogP contribution in [0.4, 0.5) is 5.82 Å². The maximum absolute atomic E-state index is 5.52. The van der Waals surface area contributed by atoms with Crippen molar-refractivity contribution in [3.05, 3.63) is 12.4 Å². The molecular weight excluding hydrogens is 320 g/mol. The van der Waals surface area contributed by atoms with E-state index in [-0.39, 0.29) is 5.41 Å². The number of ether oxygens (including phenoxy) is 3. The molecule has 0 bridgehead atoms. The standard InChI is InChI=1S/C18H28N4O3/c1-18(2,10-22(3)4)9-19-17-12-8-13(23-5)15(24-6)16(25-7)14(12)20-11-21-17/h8,11H,9-10H2,1-7H3,(H,19,20,21). The summed E-state index contributed by atoms with van der Waals surface area (Å²) in [6.45, 7) is 6.17. The summed E-state index contributed by atoms with van der Waals surface area (Å²) < 4.78 is 16.4. The molecule has 0 aliphatic heterocycles. The molecule has 0 aliphatic carbocycles. The number of hydrogen-bond acceptors (Lipinski definition) is 7. The van der Waals surface area contributed by atoms with Crippen LogP contribution in [0.1, 0.15) is 13.8 Å². The van der Waals surface area contributed by atoms with Crippen molar-refractivity contribution in [2.75, 3.05) is 53.8 Å². The third-order valence-electron chi connectivity index (χ3n) is 3.91. The Morgan fingerprint density at radius 1 is 1.04 bits per heavy atom. The summed E-state index contributed by atoms with van der Waals surface area (Å²) in [6, 6.07) is 1.87. The van der Waals surface area contributed by atoms with E-state index in [2.05, 4.69) is 48.1 Å². The van der Waals surface area contributed by atoms with Gasteiger partial charge in [-0.05, 0) is 25.6 Å². The predicted molar refractivity (Wildman–Crippen MR) is 100 cm³/mol. The minimum Gasteiger partial charge on any atom is -0.493 e. The fourth-order valence-electron chi connectivity index (χ4n) is 3.04. The molecule has 0 aliphatic rings. The zero-order chi connectivity index (χ0) is 18.6. The summed E-state index contributed by atoms with van der Waals surface area (Å²) in [4.78, 5) is 11.0. The molecule has 0 radical (unpaired) electrons. The number of nitrogens with zero attached hydrogens (tertiary/aromatic N) is 3. The van der Waals surface area contributed by atoms with Gasteiger partial charge in [0, 0.05) is 13.1 Å². The molecule has 2 aromatic rings. The lowest BCUT2D eigenvalue weighted by atomic mass is 9.93. The van der Waals surface area contributed by atoms with Crippen molar-refractivity contribution in [2.45, 2.75) is 13.8 Å². The Bertz CT molecular complexity index is 732. The van der Waals surface area contributed by atoms with Gasteiger partial charge in [0.1, 0.15) is 17.7 Å². The van der Waals surface area contributed by atoms with Crippen LogP contribution in [0, 0.1) is 5.41 Å². The van der Waals surface area contributed by atoms with Crippen molar-refractivity contribution >= 4 is 16.7 Å². The van der Waals surface area contributed by atoms with Crippen LogP contribution in [-0.2, 0) is 0 Å². The van der Waals surface area contributed by atoms with E-state index in [4.69, 9.17) is 14.2 Å². The molecule has 1 aromatic carbocycles. The lowest BCUT2D eigenvalue weighted by molar-refractivity contribution is 0.254. The van der Waals surface area contributed by atoms with Crippen LogP contribution < -0.4 is 19.5 Å². The molecule has 1 N–H and O–H groups in total. The van der Waals surface area contributed by atoms with Crippen LogP contribution in [0.2, 0.25) is 0 Å². The van der Waals surface area contributed by atoms with E-state index < -0.39 is 0 Å². The second kappa shape index (κ2) is 7.74. The van der Waals surface area contributed by atoms with Gasteiger partial charge in [0.2, 0.25) is 5.75 Å². The highest BCUT2D eigenvalue weighted by molar-refractivity contribution is 5.96. The van der Waals surface area contributed by atoms with Crippen molar-refractivity contribution in [3.8, 4) is 17.2 Å². The second-order valence-electron chi connectivity index (χ2n) is 7.02. The number of nitrogens with one attached hydrogen (secondary N) is 1. The van der Waals surface area contributed by atoms with Crippen LogP contribution in [-0.4, -0.2) is 63.4 Å². The van der Waals surface area contributed by atoms with Gasteiger partial charge in [-0.1, -0.05) is 13.8 Å². The van der Waals surface area contributed by atoms with Gasteiger partial charge in [0.15, 0.2) is 11.5 Å². The largest absolute Gasteiger partial charge is 0.493 e. The van der Waals surface area contributed by atoms with Crippen LogP contribution >= 0.6 is 0 Å². The minimum atomic E-state index is 0.0847. The highest BCUT2D eigenvalue weighted by atomic mass is 16.5. The highest BCUT2D eigenvalue weighted by Crippen LogP contribution is 2.43. The van der Waals surface area contributed by atoms with Crippen molar-refractivity contribution in [2.24, 2.45) is 5.41 Å². The maximum atomic E-state index is 5.52. The first-order valence-corrected chi connectivity index (χ1v) is 8.15. The van der Waals surface area contributed by atoms with Crippen LogP contribution in [0.3, 0.4) is 0 Å². The summed E-state index contributed by atoms with van der Waals surface area (Å²) in [5.74, 6) is 2.39. The quantitative estimate of drug-likeness (QED) is 0.786. The first kappa shape index (κ1) is 19.1. The smallest absolute Gasteiger partial charge is 0.205 e. The first-order chi connectivity index (χ1) is 11.8. The molecule has 2 rings (SSSR count). The molecule has 0 unspecified atom stereocenters. The van der Waals surface area contributed by atoms with E-state index in [1.165, 1.54) is 6.33 Å². The van der Waals surface area contributed by atoms with Crippen LogP contribution in [0.5, 0.6) is 17.2 Å². The molecular formula is C18H28N4O3. The van der Waals surface area contributed by atoms with Gasteiger partial charge < -0.3 is 24.4 Å². The summed E-state index contributed by atoms with van der Waals surface area (Å²) in [7, 11) is 8.91. The van der Waals surface area contributed by atoms with Gasteiger partial charge >= 0.3 is 0 Å². The normalized spacial score (nSPS) is 11.7. The summed E-state index contributed by atoms with van der Waals surface area (Å²) in [5, 5.41) is 4.27. The van der Waals surface area contributed by atoms with Crippen molar-refractivity contribution in [1.29, 1.82) is 0 Å². The first-order valence-electron chi connectivity index (χ1n) is 8.15. The summed E-state index contributed by atoms with van der Waals surface area (Å²) in [6.07, 6.45) is 1.53. The number of fused-ring (bicyclic) bond motifs is 1. The van der Waals surface area contributed by atoms with E-state index in [1.807, 2.05) is 6.07 Å². The van der Waals surface area contributed by atoms with E-state index >= 15 is 0 Å². The molecule has 25 heavy (non-hydrogen) atoms. The minimum absolute atomic E-state index is 0.0847. The molecule has 0 fully saturated rings. The molecule has 7 nitrogen and oxygen atoms in total. The van der Waals surface area contributed by atoms with Crippen molar-refractivity contribution in [1.82, 2.24) is 14.9 Å². The molecule has 0 amide bonds. The lowest BCUT2D eigenvalue weighted by Gasteiger charge is -2.28.